The number of hydrogen-bond donors (Lipinski definition) is 0. The van der Waals surface area contributed by atoms with Crippen molar-refractivity contribution >= 4 is 60.5 Å². The molecule has 2 nitrogen and oxygen atoms in total. The maximum atomic E-state index is 6.44. The summed E-state index contributed by atoms with van der Waals surface area (Å²) in [5, 5.41) is 7.18. The molecule has 11 aromatic rings. The molecule has 1 aromatic heterocycles. The molecule has 10 aromatic carbocycles. The molecule has 58 heavy (non-hydrogen) atoms. The maximum absolute atomic E-state index is 6.44. The summed E-state index contributed by atoms with van der Waals surface area (Å²) >= 11 is 0. The first-order valence-electron chi connectivity index (χ1n) is 19.8. The van der Waals surface area contributed by atoms with Gasteiger partial charge in [0, 0.05) is 16.8 Å². The van der Waals surface area contributed by atoms with Gasteiger partial charge in [0.05, 0.1) is 11.1 Å². The van der Waals surface area contributed by atoms with Gasteiger partial charge in [0.2, 0.25) is 0 Å². The Morgan fingerprint density at radius 3 is 1.45 bits per heavy atom. The van der Waals surface area contributed by atoms with Crippen molar-refractivity contribution in [3.63, 3.8) is 0 Å². The Kier molecular flexibility index (Phi) is 8.19. The van der Waals surface area contributed by atoms with Gasteiger partial charge < -0.3 is 9.32 Å². The van der Waals surface area contributed by atoms with E-state index in [1.165, 1.54) is 54.9 Å². The second-order valence-corrected chi connectivity index (χ2v) is 14.9. The fourth-order valence-electron chi connectivity index (χ4n) is 8.72. The lowest BCUT2D eigenvalue weighted by Gasteiger charge is -2.28. The fourth-order valence-corrected chi connectivity index (χ4v) is 8.72. The highest BCUT2D eigenvalue weighted by Gasteiger charge is 2.21. The molecule has 0 spiro atoms. The van der Waals surface area contributed by atoms with Crippen molar-refractivity contribution in [2.45, 2.75) is 0 Å². The van der Waals surface area contributed by atoms with Crippen LogP contribution in [-0.4, -0.2) is 0 Å². The van der Waals surface area contributed by atoms with Crippen LogP contribution in [0.3, 0.4) is 0 Å². The third kappa shape index (κ3) is 5.82. The third-order valence-corrected chi connectivity index (χ3v) is 11.5. The van der Waals surface area contributed by atoms with Crippen molar-refractivity contribution in [1.82, 2.24) is 0 Å². The molecule has 0 saturated carbocycles. The number of hydrogen-bond acceptors (Lipinski definition) is 2. The summed E-state index contributed by atoms with van der Waals surface area (Å²) in [7, 11) is 0. The second kappa shape index (κ2) is 14.1. The van der Waals surface area contributed by atoms with E-state index in [0.29, 0.717) is 0 Å². The van der Waals surface area contributed by atoms with Gasteiger partial charge in [-0.2, -0.15) is 0 Å². The number of fused-ring (bicyclic) bond motifs is 5. The Morgan fingerprint density at radius 2 is 0.776 bits per heavy atom. The minimum Gasteiger partial charge on any atom is -0.456 e. The number of benzene rings is 10. The minimum absolute atomic E-state index is 0.863. The van der Waals surface area contributed by atoms with Crippen LogP contribution >= 0.6 is 0 Å². The smallest absolute Gasteiger partial charge is 0.137 e. The summed E-state index contributed by atoms with van der Waals surface area (Å²) in [6.07, 6.45) is 0. The molecule has 0 unspecified atom stereocenters. The largest absolute Gasteiger partial charge is 0.456 e. The van der Waals surface area contributed by atoms with Crippen LogP contribution in [0, 0.1) is 0 Å². The zero-order valence-corrected chi connectivity index (χ0v) is 31.7. The van der Waals surface area contributed by atoms with Crippen molar-refractivity contribution in [2.24, 2.45) is 0 Å². The van der Waals surface area contributed by atoms with Crippen LogP contribution < -0.4 is 4.90 Å². The minimum atomic E-state index is 0.863. The summed E-state index contributed by atoms with van der Waals surface area (Å²) < 4.78 is 6.44. The lowest BCUT2D eigenvalue weighted by atomic mass is 9.91. The predicted octanol–water partition coefficient (Wildman–Crippen LogP) is 16.0. The van der Waals surface area contributed by atoms with E-state index in [2.05, 4.69) is 223 Å². The van der Waals surface area contributed by atoms with Crippen molar-refractivity contribution in [1.29, 1.82) is 0 Å². The van der Waals surface area contributed by atoms with E-state index < -0.39 is 0 Å². The highest BCUT2D eigenvalue weighted by Crippen LogP contribution is 2.46. The molecular formula is C56H37NO. The van der Waals surface area contributed by atoms with Gasteiger partial charge in [0.15, 0.2) is 0 Å². The van der Waals surface area contributed by atoms with E-state index in [-0.39, 0.29) is 0 Å². The molecule has 0 atom stereocenters. The first-order valence-corrected chi connectivity index (χ1v) is 19.8. The number of nitrogens with zero attached hydrogens (tertiary/aromatic N) is 1. The van der Waals surface area contributed by atoms with Gasteiger partial charge in [0.1, 0.15) is 11.2 Å². The van der Waals surface area contributed by atoms with Crippen molar-refractivity contribution in [3.8, 4) is 44.5 Å². The van der Waals surface area contributed by atoms with Gasteiger partial charge in [-0.1, -0.05) is 182 Å². The number of para-hydroxylation sites is 1. The second-order valence-electron chi connectivity index (χ2n) is 14.9. The Hall–Kier alpha value is -7.68. The molecule has 0 saturated heterocycles. The van der Waals surface area contributed by atoms with Crippen LogP contribution in [0.2, 0.25) is 0 Å². The van der Waals surface area contributed by atoms with E-state index in [9.17, 15) is 0 Å². The summed E-state index contributed by atoms with van der Waals surface area (Å²) in [5.41, 5.74) is 14.5. The van der Waals surface area contributed by atoms with Crippen molar-refractivity contribution in [3.05, 3.63) is 224 Å². The van der Waals surface area contributed by atoms with Crippen LogP contribution in [0.25, 0.3) is 88.0 Å². The average molecular weight is 740 g/mol. The van der Waals surface area contributed by atoms with Crippen LogP contribution in [0.15, 0.2) is 229 Å². The molecule has 1 heterocycles. The summed E-state index contributed by atoms with van der Waals surface area (Å²) in [6.45, 7) is 0. The molecule has 0 N–H and O–H groups in total. The third-order valence-electron chi connectivity index (χ3n) is 11.5. The predicted molar refractivity (Wildman–Crippen MR) is 245 cm³/mol. The first kappa shape index (κ1) is 33.6. The van der Waals surface area contributed by atoms with Gasteiger partial charge in [-0.25, -0.2) is 0 Å². The molecule has 0 bridgehead atoms. The number of anilines is 3. The SMILES string of the molecule is c1ccc(-c2cc(N(c3ccc(-c4cccc5ccccc45)cc3)c3cccc4oc5ccccc5c34)ccc2-c2ccc(-c3cccc4ccccc34)cc2)cc1. The molecule has 272 valence electrons. The van der Waals surface area contributed by atoms with Gasteiger partial charge in [-0.3, -0.25) is 0 Å². The van der Waals surface area contributed by atoms with E-state index in [1.54, 1.807) is 0 Å². The van der Waals surface area contributed by atoms with E-state index in [1.807, 2.05) is 6.07 Å². The fraction of sp³-hybridized carbons (Fsp3) is 0. The van der Waals surface area contributed by atoms with Crippen LogP contribution in [0.4, 0.5) is 17.1 Å². The van der Waals surface area contributed by atoms with Crippen LogP contribution in [-0.2, 0) is 0 Å². The molecule has 2 heteroatoms. The van der Waals surface area contributed by atoms with Gasteiger partial charge >= 0.3 is 0 Å². The standard InChI is InChI=1S/C56H37NO/c1-2-13-40(14-3-1)52-37-45(35-36-50(52)42-29-27-41(28-30-42)48-22-10-17-38-15-4-6-19-46(38)48)57(53-24-12-26-55-56(53)51-21-8-9-25-54(51)58-55)44-33-31-43(32-34-44)49-23-11-18-39-16-5-7-20-47(39)49/h1-37H. The number of furan rings is 1. The molecule has 0 fully saturated rings. The molecule has 0 aliphatic heterocycles. The Bertz CT molecular complexity index is 3260. The summed E-state index contributed by atoms with van der Waals surface area (Å²) in [4.78, 5) is 2.39. The quantitative estimate of drug-likeness (QED) is 0.162. The van der Waals surface area contributed by atoms with Crippen molar-refractivity contribution < 1.29 is 4.42 Å². The molecule has 0 radical (unpaired) electrons. The maximum Gasteiger partial charge on any atom is 0.137 e. The van der Waals surface area contributed by atoms with Crippen LogP contribution in [0.5, 0.6) is 0 Å². The normalized spacial score (nSPS) is 11.4. The van der Waals surface area contributed by atoms with Gasteiger partial charge in [-0.15, -0.1) is 0 Å². The average Bonchev–Trinajstić information content (AvgIpc) is 3.69. The Labute approximate surface area is 337 Å². The van der Waals surface area contributed by atoms with Gasteiger partial charge in [-0.05, 0) is 109 Å². The van der Waals surface area contributed by atoms with Gasteiger partial charge in [0.25, 0.3) is 0 Å². The molecule has 0 amide bonds. The lowest BCUT2D eigenvalue weighted by Crippen LogP contribution is -2.10. The zero-order valence-electron chi connectivity index (χ0n) is 31.7. The highest BCUT2D eigenvalue weighted by atomic mass is 16.3. The van der Waals surface area contributed by atoms with E-state index >= 15 is 0 Å². The first-order chi connectivity index (χ1) is 28.8. The monoisotopic (exact) mass is 739 g/mol. The Morgan fingerprint density at radius 1 is 0.293 bits per heavy atom. The Balaban J connectivity index is 1.08. The lowest BCUT2D eigenvalue weighted by molar-refractivity contribution is 0.669. The summed E-state index contributed by atoms with van der Waals surface area (Å²) in [5.74, 6) is 0. The summed E-state index contributed by atoms with van der Waals surface area (Å²) in [6, 6.07) is 80.7. The van der Waals surface area contributed by atoms with E-state index in [0.717, 1.165) is 50.1 Å². The zero-order chi connectivity index (χ0) is 38.4. The highest BCUT2D eigenvalue weighted by molar-refractivity contribution is 6.13. The number of rotatable bonds is 7. The molecule has 0 aliphatic rings. The molecule has 11 rings (SSSR count). The molecule has 0 aliphatic carbocycles. The molecular weight excluding hydrogens is 703 g/mol. The van der Waals surface area contributed by atoms with E-state index in [4.69, 9.17) is 4.42 Å². The van der Waals surface area contributed by atoms with Crippen molar-refractivity contribution in [2.75, 3.05) is 4.90 Å². The van der Waals surface area contributed by atoms with Crippen LogP contribution in [0.1, 0.15) is 0 Å². The topological polar surface area (TPSA) is 16.4 Å².